The van der Waals surface area contributed by atoms with Gasteiger partial charge in [-0.15, -0.1) is 0 Å². The van der Waals surface area contributed by atoms with Gasteiger partial charge in [0.1, 0.15) is 5.75 Å². The Morgan fingerprint density at radius 2 is 1.77 bits per heavy atom. The molecule has 7 heteroatoms. The highest BCUT2D eigenvalue weighted by atomic mass is 19.3. The van der Waals surface area contributed by atoms with E-state index in [1.807, 2.05) is 27.7 Å². The van der Waals surface area contributed by atoms with Crippen LogP contribution < -0.4 is 9.64 Å². The molecule has 0 bridgehead atoms. The summed E-state index contributed by atoms with van der Waals surface area (Å²) in [6, 6.07) is 6.69. The van der Waals surface area contributed by atoms with Crippen molar-refractivity contribution in [1.82, 2.24) is 0 Å². The first-order valence-electron chi connectivity index (χ1n) is 11.4. The van der Waals surface area contributed by atoms with Crippen LogP contribution >= 0.6 is 0 Å². The number of nitrogens with zero attached hydrogens (tertiary/aromatic N) is 1. The molecule has 1 aliphatic carbocycles. The zero-order valence-corrected chi connectivity index (χ0v) is 19.3. The second-order valence-electron chi connectivity index (χ2n) is 7.91. The van der Waals surface area contributed by atoms with E-state index in [0.717, 1.165) is 12.8 Å². The van der Waals surface area contributed by atoms with Gasteiger partial charge in [0.15, 0.2) is 6.67 Å². The number of ether oxygens (including phenoxy) is 1. The first-order valence-corrected chi connectivity index (χ1v) is 11.4. The van der Waals surface area contributed by atoms with Crippen molar-refractivity contribution in [3.8, 4) is 5.75 Å². The van der Waals surface area contributed by atoms with E-state index in [0.29, 0.717) is 43.7 Å². The number of carbonyl (C=O) groups excluding carboxylic acids is 1. The van der Waals surface area contributed by atoms with Crippen molar-refractivity contribution in [2.75, 3.05) is 24.7 Å². The molecule has 31 heavy (non-hydrogen) atoms. The molecule has 1 saturated carbocycles. The van der Waals surface area contributed by atoms with Crippen LogP contribution in [0, 0.1) is 5.92 Å². The predicted molar refractivity (Wildman–Crippen MR) is 119 cm³/mol. The second kappa shape index (κ2) is 12.9. The topological polar surface area (TPSA) is 49.8 Å². The van der Waals surface area contributed by atoms with Crippen LogP contribution in [0.4, 0.5) is 18.9 Å². The number of hydrogen-bond acceptors (Lipinski definition) is 3. The molecule has 0 aliphatic heterocycles. The van der Waals surface area contributed by atoms with Crippen LogP contribution in [-0.2, 0) is 4.79 Å². The lowest BCUT2D eigenvalue weighted by Gasteiger charge is -2.37. The fraction of sp³-hybridized carbons (Fsp3) is 0.708. The largest absolute Gasteiger partial charge is 0.493 e. The maximum absolute atomic E-state index is 13.0. The Morgan fingerprint density at radius 1 is 1.19 bits per heavy atom. The molecule has 178 valence electrons. The van der Waals surface area contributed by atoms with E-state index in [4.69, 9.17) is 4.74 Å². The van der Waals surface area contributed by atoms with Gasteiger partial charge >= 0.3 is 0 Å². The fourth-order valence-corrected chi connectivity index (χ4v) is 3.91. The molecule has 1 fully saturated rings. The minimum absolute atomic E-state index is 0.0438. The summed E-state index contributed by atoms with van der Waals surface area (Å²) in [4.78, 5) is 14.7. The summed E-state index contributed by atoms with van der Waals surface area (Å²) in [7, 11) is 0. The second-order valence-corrected chi connectivity index (χ2v) is 7.91. The van der Waals surface area contributed by atoms with Crippen LogP contribution in [0.15, 0.2) is 24.3 Å². The van der Waals surface area contributed by atoms with Crippen LogP contribution in [-0.4, -0.2) is 42.4 Å². The highest BCUT2D eigenvalue weighted by molar-refractivity contribution is 5.95. The van der Waals surface area contributed by atoms with Crippen LogP contribution in [0.1, 0.15) is 72.6 Å². The quantitative estimate of drug-likeness (QED) is 0.469. The predicted octanol–water partition coefficient (Wildman–Crippen LogP) is 6.16. The van der Waals surface area contributed by atoms with E-state index >= 15 is 0 Å². The van der Waals surface area contributed by atoms with Gasteiger partial charge in [-0.25, -0.2) is 13.2 Å². The fourth-order valence-electron chi connectivity index (χ4n) is 3.91. The van der Waals surface area contributed by atoms with Crippen LogP contribution in [0.5, 0.6) is 5.75 Å². The Balaban J connectivity index is 0.00000233. The Morgan fingerprint density at radius 3 is 2.26 bits per heavy atom. The SMILES string of the molecule is CC.CCCC1(O)CCC(C(=O)N(CC)c2ccc(OCCC(F)(F)CF)cc2)CC1. The first kappa shape index (κ1) is 27.3. The minimum atomic E-state index is -3.37. The molecule has 4 nitrogen and oxygen atoms in total. The summed E-state index contributed by atoms with van der Waals surface area (Å²) in [5.74, 6) is -3.03. The zero-order valence-electron chi connectivity index (χ0n) is 19.3. The number of hydrogen-bond donors (Lipinski definition) is 1. The third-order valence-electron chi connectivity index (χ3n) is 5.64. The summed E-state index contributed by atoms with van der Waals surface area (Å²) in [5.41, 5.74) is 0.0777. The van der Waals surface area contributed by atoms with Crippen molar-refractivity contribution in [1.29, 1.82) is 0 Å². The molecular weight excluding hydrogens is 407 g/mol. The van der Waals surface area contributed by atoms with Crippen LogP contribution in [0.2, 0.25) is 0 Å². The molecule has 0 saturated heterocycles. The number of amides is 1. The Kier molecular flexibility index (Phi) is 11.4. The molecule has 1 aliphatic rings. The van der Waals surface area contributed by atoms with E-state index in [2.05, 4.69) is 0 Å². The summed E-state index contributed by atoms with van der Waals surface area (Å²) < 4.78 is 43.2. The molecule has 0 aromatic heterocycles. The van der Waals surface area contributed by atoms with Crippen molar-refractivity contribution in [3.63, 3.8) is 0 Å². The third-order valence-corrected chi connectivity index (χ3v) is 5.64. The smallest absolute Gasteiger partial charge is 0.279 e. The van der Waals surface area contributed by atoms with Crippen molar-refractivity contribution in [3.05, 3.63) is 24.3 Å². The van der Waals surface area contributed by atoms with E-state index in [1.54, 1.807) is 29.2 Å². The molecule has 1 N–H and O–H groups in total. The van der Waals surface area contributed by atoms with Gasteiger partial charge in [0.05, 0.1) is 12.2 Å². The van der Waals surface area contributed by atoms with Crippen LogP contribution in [0.3, 0.4) is 0 Å². The molecule has 0 atom stereocenters. The van der Waals surface area contributed by atoms with Crippen molar-refractivity contribution in [2.45, 2.75) is 84.2 Å². The highest BCUT2D eigenvalue weighted by Gasteiger charge is 2.36. The van der Waals surface area contributed by atoms with Crippen molar-refractivity contribution >= 4 is 11.6 Å². The van der Waals surface area contributed by atoms with E-state index in [9.17, 15) is 23.1 Å². The van der Waals surface area contributed by atoms with Gasteiger partial charge < -0.3 is 14.7 Å². The van der Waals surface area contributed by atoms with Crippen molar-refractivity contribution < 1.29 is 27.8 Å². The normalized spacial score (nSPS) is 21.1. The lowest BCUT2D eigenvalue weighted by atomic mass is 9.76. The van der Waals surface area contributed by atoms with Gasteiger partial charge in [-0.1, -0.05) is 27.2 Å². The summed E-state index contributed by atoms with van der Waals surface area (Å²) in [6.07, 6.45) is 3.65. The number of benzene rings is 1. The average Bonchev–Trinajstić information content (AvgIpc) is 2.77. The molecule has 2 rings (SSSR count). The molecule has 1 aromatic rings. The molecule has 0 spiro atoms. The highest BCUT2D eigenvalue weighted by Crippen LogP contribution is 2.36. The number of aliphatic hydroxyl groups is 1. The van der Waals surface area contributed by atoms with Crippen LogP contribution in [0.25, 0.3) is 0 Å². The van der Waals surface area contributed by atoms with Gasteiger partial charge in [-0.3, -0.25) is 4.79 Å². The number of anilines is 1. The minimum Gasteiger partial charge on any atom is -0.493 e. The molecule has 0 heterocycles. The van der Waals surface area contributed by atoms with Gasteiger partial charge in [0.2, 0.25) is 5.91 Å². The molecule has 0 unspecified atom stereocenters. The number of rotatable bonds is 10. The first-order chi connectivity index (χ1) is 14.7. The van der Waals surface area contributed by atoms with Gasteiger partial charge in [0, 0.05) is 24.6 Å². The monoisotopic (exact) mass is 445 g/mol. The Hall–Kier alpha value is -1.76. The van der Waals surface area contributed by atoms with E-state index in [1.165, 1.54) is 0 Å². The van der Waals surface area contributed by atoms with E-state index < -0.39 is 24.6 Å². The molecule has 0 radical (unpaired) electrons. The summed E-state index contributed by atoms with van der Waals surface area (Å²) in [6.45, 7) is 6.48. The summed E-state index contributed by atoms with van der Waals surface area (Å²) >= 11 is 0. The maximum Gasteiger partial charge on any atom is 0.279 e. The standard InChI is InChI=1S/C22H32F3NO3.C2H6/c1-3-11-21(28)12-9-17(10-13-21)20(27)26(4-2)18-5-7-19(8-6-18)29-15-14-22(24,25)16-23;1-2/h5-8,17,28H,3-4,9-16H2,1-2H3;1-2H3. The third kappa shape index (κ3) is 8.36. The van der Waals surface area contributed by atoms with Gasteiger partial charge in [-0.05, 0) is 63.3 Å². The Labute approximate surface area is 184 Å². The number of alkyl halides is 3. The zero-order chi connectivity index (χ0) is 23.5. The molecule has 1 amide bonds. The molecule has 1 aromatic carbocycles. The summed E-state index contributed by atoms with van der Waals surface area (Å²) in [5, 5.41) is 10.5. The number of carbonyl (C=O) groups is 1. The van der Waals surface area contributed by atoms with Gasteiger partial charge in [-0.2, -0.15) is 0 Å². The van der Waals surface area contributed by atoms with Crippen molar-refractivity contribution in [2.24, 2.45) is 5.92 Å². The Bertz CT molecular complexity index is 644. The average molecular weight is 446 g/mol. The lowest BCUT2D eigenvalue weighted by molar-refractivity contribution is -0.125. The number of halogens is 3. The lowest BCUT2D eigenvalue weighted by Crippen LogP contribution is -2.41. The van der Waals surface area contributed by atoms with E-state index in [-0.39, 0.29) is 18.4 Å². The molecular formula is C24H38F3NO3. The maximum atomic E-state index is 13.0. The van der Waals surface area contributed by atoms with Gasteiger partial charge in [0.25, 0.3) is 5.92 Å².